The van der Waals surface area contributed by atoms with Gasteiger partial charge < -0.3 is 14.8 Å². The van der Waals surface area contributed by atoms with Crippen molar-refractivity contribution < 1.29 is 14.3 Å². The van der Waals surface area contributed by atoms with Gasteiger partial charge >= 0.3 is 0 Å². The standard InChI is InChI=1S/C20H25NO3/c1-6-23-18-10-8-7-9-17(18)21-20(22)16(5)24-19-12-13(2)11-14(3)15(19)4/h7-12,16H,6H2,1-5H3,(H,21,22)/t16-/m0/s1. The maximum Gasteiger partial charge on any atom is 0.265 e. The fourth-order valence-corrected chi connectivity index (χ4v) is 2.45. The zero-order chi connectivity index (χ0) is 17.7. The maximum atomic E-state index is 12.5. The van der Waals surface area contributed by atoms with Crippen LogP contribution in [-0.4, -0.2) is 18.6 Å². The molecule has 0 aliphatic heterocycles. The number of carbonyl (C=O) groups is 1. The number of nitrogens with one attached hydrogen (secondary N) is 1. The van der Waals surface area contributed by atoms with E-state index in [0.717, 1.165) is 22.4 Å². The van der Waals surface area contributed by atoms with Crippen LogP contribution < -0.4 is 14.8 Å². The zero-order valence-electron chi connectivity index (χ0n) is 15.0. The summed E-state index contributed by atoms with van der Waals surface area (Å²) in [6, 6.07) is 11.4. The fraction of sp³-hybridized carbons (Fsp3) is 0.350. The van der Waals surface area contributed by atoms with E-state index in [0.29, 0.717) is 18.0 Å². The number of aryl methyl sites for hydroxylation is 2. The lowest BCUT2D eigenvalue weighted by atomic mass is 10.1. The molecule has 4 nitrogen and oxygen atoms in total. The van der Waals surface area contributed by atoms with E-state index < -0.39 is 6.10 Å². The first kappa shape index (κ1) is 17.9. The first-order chi connectivity index (χ1) is 11.4. The van der Waals surface area contributed by atoms with E-state index in [1.54, 1.807) is 6.92 Å². The van der Waals surface area contributed by atoms with Crippen LogP contribution in [0.15, 0.2) is 36.4 Å². The van der Waals surface area contributed by atoms with Gasteiger partial charge in [-0.25, -0.2) is 0 Å². The van der Waals surface area contributed by atoms with Crippen molar-refractivity contribution in [2.24, 2.45) is 0 Å². The van der Waals surface area contributed by atoms with E-state index in [-0.39, 0.29) is 5.91 Å². The molecule has 4 heteroatoms. The Morgan fingerprint density at radius 2 is 1.83 bits per heavy atom. The van der Waals surface area contributed by atoms with Gasteiger partial charge in [0.25, 0.3) is 5.91 Å². The minimum Gasteiger partial charge on any atom is -0.492 e. The van der Waals surface area contributed by atoms with E-state index in [1.165, 1.54) is 0 Å². The van der Waals surface area contributed by atoms with Gasteiger partial charge in [-0.2, -0.15) is 0 Å². The van der Waals surface area contributed by atoms with E-state index >= 15 is 0 Å². The number of benzene rings is 2. The smallest absolute Gasteiger partial charge is 0.265 e. The van der Waals surface area contributed by atoms with Crippen LogP contribution in [0.25, 0.3) is 0 Å². The average Bonchev–Trinajstić information content (AvgIpc) is 2.54. The average molecular weight is 327 g/mol. The number of ether oxygens (including phenoxy) is 2. The molecule has 128 valence electrons. The van der Waals surface area contributed by atoms with Crippen LogP contribution in [0.2, 0.25) is 0 Å². The van der Waals surface area contributed by atoms with E-state index in [2.05, 4.69) is 11.4 Å². The second-order valence-electron chi connectivity index (χ2n) is 5.88. The first-order valence-electron chi connectivity index (χ1n) is 8.19. The molecule has 0 radical (unpaired) electrons. The minimum atomic E-state index is -0.611. The normalized spacial score (nSPS) is 11.7. The Labute approximate surface area is 143 Å². The summed E-state index contributed by atoms with van der Waals surface area (Å²) in [5.74, 6) is 1.19. The Kier molecular flexibility index (Phi) is 5.85. The third kappa shape index (κ3) is 4.28. The fourth-order valence-electron chi connectivity index (χ4n) is 2.45. The molecule has 0 spiro atoms. The van der Waals surface area contributed by atoms with Crippen molar-refractivity contribution in [2.45, 2.75) is 40.7 Å². The van der Waals surface area contributed by atoms with Crippen molar-refractivity contribution >= 4 is 11.6 Å². The van der Waals surface area contributed by atoms with Gasteiger partial charge in [0.05, 0.1) is 12.3 Å². The van der Waals surface area contributed by atoms with Crippen LogP contribution in [0.5, 0.6) is 11.5 Å². The van der Waals surface area contributed by atoms with Crippen molar-refractivity contribution in [3.05, 3.63) is 53.1 Å². The number of carbonyl (C=O) groups excluding carboxylic acids is 1. The topological polar surface area (TPSA) is 47.6 Å². The van der Waals surface area contributed by atoms with Crippen molar-refractivity contribution in [1.82, 2.24) is 0 Å². The van der Waals surface area contributed by atoms with Gasteiger partial charge in [0.2, 0.25) is 0 Å². The van der Waals surface area contributed by atoms with Gasteiger partial charge in [-0.15, -0.1) is 0 Å². The molecule has 0 unspecified atom stereocenters. The SMILES string of the molecule is CCOc1ccccc1NC(=O)[C@H](C)Oc1cc(C)cc(C)c1C. The molecule has 0 aliphatic carbocycles. The second-order valence-corrected chi connectivity index (χ2v) is 5.88. The predicted molar refractivity (Wildman–Crippen MR) is 97.0 cm³/mol. The Morgan fingerprint density at radius 1 is 1.12 bits per heavy atom. The van der Waals surface area contributed by atoms with Crippen molar-refractivity contribution in [1.29, 1.82) is 0 Å². The maximum absolute atomic E-state index is 12.5. The summed E-state index contributed by atoms with van der Waals surface area (Å²) in [4.78, 5) is 12.5. The molecule has 1 amide bonds. The van der Waals surface area contributed by atoms with Crippen LogP contribution in [0, 0.1) is 20.8 Å². The van der Waals surface area contributed by atoms with Gasteiger partial charge in [0, 0.05) is 0 Å². The Morgan fingerprint density at radius 3 is 2.54 bits per heavy atom. The molecular weight excluding hydrogens is 302 g/mol. The van der Waals surface area contributed by atoms with Gasteiger partial charge in [-0.1, -0.05) is 18.2 Å². The zero-order valence-corrected chi connectivity index (χ0v) is 15.0. The lowest BCUT2D eigenvalue weighted by Gasteiger charge is -2.19. The summed E-state index contributed by atoms with van der Waals surface area (Å²) in [6.45, 7) is 10.3. The summed E-state index contributed by atoms with van der Waals surface area (Å²) >= 11 is 0. The highest BCUT2D eigenvalue weighted by Gasteiger charge is 2.18. The molecule has 0 aromatic heterocycles. The summed E-state index contributed by atoms with van der Waals surface area (Å²) in [6.07, 6.45) is -0.611. The highest BCUT2D eigenvalue weighted by atomic mass is 16.5. The number of hydrogen-bond donors (Lipinski definition) is 1. The van der Waals surface area contributed by atoms with E-state index in [4.69, 9.17) is 9.47 Å². The number of hydrogen-bond acceptors (Lipinski definition) is 3. The Hall–Kier alpha value is -2.49. The van der Waals surface area contributed by atoms with Crippen molar-refractivity contribution in [3.63, 3.8) is 0 Å². The highest BCUT2D eigenvalue weighted by molar-refractivity contribution is 5.95. The number of amides is 1. The molecule has 2 aromatic carbocycles. The molecule has 2 rings (SSSR count). The van der Waals surface area contributed by atoms with Crippen LogP contribution in [0.3, 0.4) is 0 Å². The lowest BCUT2D eigenvalue weighted by molar-refractivity contribution is -0.122. The number of anilines is 1. The molecule has 1 atom stereocenters. The van der Waals surface area contributed by atoms with E-state index in [1.807, 2.05) is 58.0 Å². The third-order valence-corrected chi connectivity index (χ3v) is 3.88. The second kappa shape index (κ2) is 7.86. The van der Waals surface area contributed by atoms with Crippen LogP contribution >= 0.6 is 0 Å². The van der Waals surface area contributed by atoms with E-state index in [9.17, 15) is 4.79 Å². The quantitative estimate of drug-likeness (QED) is 0.854. The van der Waals surface area contributed by atoms with Crippen molar-refractivity contribution in [2.75, 3.05) is 11.9 Å². The molecule has 0 aliphatic rings. The molecule has 0 saturated heterocycles. The van der Waals surface area contributed by atoms with Gasteiger partial charge in [0.15, 0.2) is 6.10 Å². The van der Waals surface area contributed by atoms with Gasteiger partial charge in [0.1, 0.15) is 11.5 Å². The van der Waals surface area contributed by atoms with Crippen LogP contribution in [-0.2, 0) is 4.79 Å². The summed E-state index contributed by atoms with van der Waals surface area (Å²) < 4.78 is 11.4. The largest absolute Gasteiger partial charge is 0.492 e. The van der Waals surface area contributed by atoms with Crippen LogP contribution in [0.4, 0.5) is 5.69 Å². The molecule has 2 aromatic rings. The molecule has 0 saturated carbocycles. The Balaban J connectivity index is 2.11. The molecule has 1 N–H and O–H groups in total. The number of rotatable bonds is 6. The lowest BCUT2D eigenvalue weighted by Crippen LogP contribution is -2.30. The van der Waals surface area contributed by atoms with Gasteiger partial charge in [-0.05, 0) is 69.5 Å². The third-order valence-electron chi connectivity index (χ3n) is 3.88. The van der Waals surface area contributed by atoms with Gasteiger partial charge in [-0.3, -0.25) is 4.79 Å². The van der Waals surface area contributed by atoms with Crippen LogP contribution in [0.1, 0.15) is 30.5 Å². The summed E-state index contributed by atoms with van der Waals surface area (Å²) in [5, 5.41) is 2.88. The summed E-state index contributed by atoms with van der Waals surface area (Å²) in [5.41, 5.74) is 3.97. The summed E-state index contributed by atoms with van der Waals surface area (Å²) in [7, 11) is 0. The molecule has 0 fully saturated rings. The molecule has 0 bridgehead atoms. The molecular formula is C20H25NO3. The predicted octanol–water partition coefficient (Wildman–Crippen LogP) is 4.42. The monoisotopic (exact) mass is 327 g/mol. The Bertz CT molecular complexity index is 725. The minimum absolute atomic E-state index is 0.208. The number of para-hydroxylation sites is 2. The first-order valence-corrected chi connectivity index (χ1v) is 8.19. The highest BCUT2D eigenvalue weighted by Crippen LogP contribution is 2.26. The van der Waals surface area contributed by atoms with Crippen molar-refractivity contribution in [3.8, 4) is 11.5 Å². The molecule has 24 heavy (non-hydrogen) atoms. The molecule has 0 heterocycles.